The topological polar surface area (TPSA) is 76.1 Å². The first kappa shape index (κ1) is 18.1. The molecule has 1 amide bonds. The molecule has 2 aromatic rings. The van der Waals surface area contributed by atoms with Gasteiger partial charge in [-0.3, -0.25) is 4.79 Å². The van der Waals surface area contributed by atoms with Gasteiger partial charge in [-0.1, -0.05) is 18.2 Å². The normalized spacial score (nSPS) is 14.3. The number of fused-ring (bicyclic) bond motifs is 1. The van der Waals surface area contributed by atoms with Crippen molar-refractivity contribution in [3.8, 4) is 11.5 Å². The first-order valence-electron chi connectivity index (χ1n) is 8.13. The number of esters is 1. The fraction of sp³-hybridized carbons (Fsp3) is 0.263. The molecule has 0 aromatic heterocycles. The van der Waals surface area contributed by atoms with Crippen molar-refractivity contribution in [1.29, 1.82) is 0 Å². The van der Waals surface area contributed by atoms with E-state index < -0.39 is 12.1 Å². The molecule has 1 heterocycles. The maximum atomic E-state index is 12.8. The Kier molecular flexibility index (Phi) is 5.37. The molecule has 0 bridgehead atoms. The van der Waals surface area contributed by atoms with E-state index in [1.807, 2.05) is 24.3 Å². The number of phenolic OH excluding ortho intramolecular Hbond substituents is 1. The van der Waals surface area contributed by atoms with Crippen LogP contribution in [0.3, 0.4) is 0 Å². The number of amides is 1. The number of hydrogen-bond acceptors (Lipinski definition) is 6. The molecular formula is C19H19NO5S. The van der Waals surface area contributed by atoms with Crippen molar-refractivity contribution in [2.45, 2.75) is 17.9 Å². The van der Waals surface area contributed by atoms with Crippen LogP contribution >= 0.6 is 11.8 Å². The van der Waals surface area contributed by atoms with Crippen molar-refractivity contribution >= 4 is 29.3 Å². The second-order valence-corrected chi connectivity index (χ2v) is 6.85. The van der Waals surface area contributed by atoms with Gasteiger partial charge in [0.2, 0.25) is 0 Å². The third kappa shape index (κ3) is 3.48. The van der Waals surface area contributed by atoms with Gasteiger partial charge in [0.05, 0.1) is 12.8 Å². The predicted molar refractivity (Wildman–Crippen MR) is 99.1 cm³/mol. The Hall–Kier alpha value is -2.67. The van der Waals surface area contributed by atoms with Crippen LogP contribution in [0.1, 0.15) is 17.3 Å². The monoisotopic (exact) mass is 373 g/mol. The summed E-state index contributed by atoms with van der Waals surface area (Å²) in [4.78, 5) is 27.8. The van der Waals surface area contributed by atoms with E-state index in [1.165, 1.54) is 26.2 Å². The Morgan fingerprint density at radius 3 is 2.73 bits per heavy atom. The van der Waals surface area contributed by atoms with Crippen LogP contribution < -0.4 is 9.64 Å². The molecule has 1 aliphatic rings. The van der Waals surface area contributed by atoms with Gasteiger partial charge < -0.3 is 19.5 Å². The van der Waals surface area contributed by atoms with Crippen molar-refractivity contribution in [1.82, 2.24) is 0 Å². The minimum atomic E-state index is -0.982. The molecule has 0 fully saturated rings. The Balaban J connectivity index is 1.75. The minimum absolute atomic E-state index is 0.0430. The van der Waals surface area contributed by atoms with Gasteiger partial charge in [0, 0.05) is 17.2 Å². The van der Waals surface area contributed by atoms with E-state index in [-0.39, 0.29) is 23.0 Å². The van der Waals surface area contributed by atoms with Crippen LogP contribution in [0.5, 0.6) is 11.5 Å². The molecule has 6 nitrogen and oxygen atoms in total. The number of benzene rings is 2. The van der Waals surface area contributed by atoms with Gasteiger partial charge in [-0.2, -0.15) is 0 Å². The van der Waals surface area contributed by atoms with Crippen molar-refractivity contribution in [2.75, 3.05) is 24.3 Å². The molecule has 0 spiro atoms. The van der Waals surface area contributed by atoms with Crippen molar-refractivity contribution in [3.63, 3.8) is 0 Å². The van der Waals surface area contributed by atoms with E-state index in [0.29, 0.717) is 6.54 Å². The number of carbonyl (C=O) groups is 2. The zero-order valence-corrected chi connectivity index (χ0v) is 15.3. The molecule has 2 aromatic carbocycles. The fourth-order valence-electron chi connectivity index (χ4n) is 2.74. The second kappa shape index (κ2) is 7.70. The maximum Gasteiger partial charge on any atom is 0.342 e. The van der Waals surface area contributed by atoms with Gasteiger partial charge in [0.15, 0.2) is 17.6 Å². The summed E-state index contributed by atoms with van der Waals surface area (Å²) in [5, 5.41) is 10.1. The molecule has 0 saturated carbocycles. The molecule has 1 N–H and O–H groups in total. The largest absolute Gasteiger partial charge is 0.504 e. The number of methoxy groups -OCH3 is 1. The smallest absolute Gasteiger partial charge is 0.342 e. The molecule has 1 aliphatic heterocycles. The Bertz CT molecular complexity index is 838. The van der Waals surface area contributed by atoms with Gasteiger partial charge in [-0.05, 0) is 31.2 Å². The number of thioether (sulfide) groups is 1. The molecule has 7 heteroatoms. The SMILES string of the molecule is COc1cccc(C(=O)OC(C)C(=O)N2CCSc3ccccc32)c1O. The lowest BCUT2D eigenvalue weighted by Crippen LogP contribution is -2.42. The number of para-hydroxylation sites is 2. The lowest BCUT2D eigenvalue weighted by molar-refractivity contribution is -0.126. The van der Waals surface area contributed by atoms with Crippen molar-refractivity contribution in [3.05, 3.63) is 48.0 Å². The molecule has 0 aliphatic carbocycles. The average molecular weight is 373 g/mol. The van der Waals surface area contributed by atoms with E-state index >= 15 is 0 Å². The highest BCUT2D eigenvalue weighted by Crippen LogP contribution is 2.35. The highest BCUT2D eigenvalue weighted by Gasteiger charge is 2.29. The first-order valence-corrected chi connectivity index (χ1v) is 9.11. The summed E-state index contributed by atoms with van der Waals surface area (Å²) in [6, 6.07) is 12.2. The summed E-state index contributed by atoms with van der Waals surface area (Å²) in [6.07, 6.45) is -0.982. The van der Waals surface area contributed by atoms with Crippen LogP contribution in [0.25, 0.3) is 0 Å². The van der Waals surface area contributed by atoms with Crippen LogP contribution in [0.2, 0.25) is 0 Å². The van der Waals surface area contributed by atoms with Gasteiger partial charge in [-0.25, -0.2) is 4.79 Å². The number of hydrogen-bond donors (Lipinski definition) is 1. The van der Waals surface area contributed by atoms with Crippen LogP contribution in [0.4, 0.5) is 5.69 Å². The summed E-state index contributed by atoms with van der Waals surface area (Å²) < 4.78 is 10.3. The van der Waals surface area contributed by atoms with Crippen LogP contribution in [0.15, 0.2) is 47.4 Å². The molecule has 1 atom stereocenters. The lowest BCUT2D eigenvalue weighted by atomic mass is 10.2. The summed E-state index contributed by atoms with van der Waals surface area (Å²) in [6.45, 7) is 2.08. The number of aromatic hydroxyl groups is 1. The molecule has 1 unspecified atom stereocenters. The van der Waals surface area contributed by atoms with E-state index in [2.05, 4.69) is 0 Å². The summed E-state index contributed by atoms with van der Waals surface area (Å²) in [5.74, 6) is -0.435. The molecule has 3 rings (SSSR count). The lowest BCUT2D eigenvalue weighted by Gasteiger charge is -2.30. The quantitative estimate of drug-likeness (QED) is 0.830. The number of nitrogens with zero attached hydrogens (tertiary/aromatic N) is 1. The standard InChI is InChI=1S/C19H19NO5S/c1-12(25-19(23)13-6-5-8-15(24-2)17(13)21)18(22)20-10-11-26-16-9-4-3-7-14(16)20/h3-9,12,21H,10-11H2,1-2H3. The van der Waals surface area contributed by atoms with Gasteiger partial charge in [0.1, 0.15) is 5.56 Å². The van der Waals surface area contributed by atoms with Gasteiger partial charge in [-0.15, -0.1) is 11.8 Å². The summed E-state index contributed by atoms with van der Waals surface area (Å²) in [7, 11) is 1.39. The summed E-state index contributed by atoms with van der Waals surface area (Å²) >= 11 is 1.69. The van der Waals surface area contributed by atoms with Crippen LogP contribution in [0, 0.1) is 0 Å². The maximum absolute atomic E-state index is 12.8. The first-order chi connectivity index (χ1) is 12.5. The zero-order valence-electron chi connectivity index (χ0n) is 14.5. The van der Waals surface area contributed by atoms with Crippen LogP contribution in [-0.4, -0.2) is 42.5 Å². The number of carbonyl (C=O) groups excluding carboxylic acids is 2. The van der Waals surface area contributed by atoms with E-state index in [9.17, 15) is 14.7 Å². The van der Waals surface area contributed by atoms with Crippen molar-refractivity contribution < 1.29 is 24.2 Å². The number of ether oxygens (including phenoxy) is 2. The number of anilines is 1. The number of rotatable bonds is 4. The second-order valence-electron chi connectivity index (χ2n) is 5.71. The molecule has 136 valence electrons. The zero-order chi connectivity index (χ0) is 18.7. The Morgan fingerprint density at radius 1 is 1.19 bits per heavy atom. The summed E-state index contributed by atoms with van der Waals surface area (Å²) in [5.41, 5.74) is 0.777. The fourth-order valence-corrected chi connectivity index (χ4v) is 3.74. The molecule has 26 heavy (non-hydrogen) atoms. The van der Waals surface area contributed by atoms with E-state index in [4.69, 9.17) is 9.47 Å². The predicted octanol–water partition coefficient (Wildman–Crippen LogP) is 3.09. The third-order valence-electron chi connectivity index (χ3n) is 4.06. The highest BCUT2D eigenvalue weighted by molar-refractivity contribution is 7.99. The molecule has 0 radical (unpaired) electrons. The highest BCUT2D eigenvalue weighted by atomic mass is 32.2. The number of phenols is 1. The van der Waals surface area contributed by atoms with Crippen molar-refractivity contribution in [2.24, 2.45) is 0 Å². The Morgan fingerprint density at radius 2 is 1.96 bits per heavy atom. The molecule has 0 saturated heterocycles. The minimum Gasteiger partial charge on any atom is -0.504 e. The third-order valence-corrected chi connectivity index (χ3v) is 5.11. The van der Waals surface area contributed by atoms with Gasteiger partial charge in [0.25, 0.3) is 5.91 Å². The van der Waals surface area contributed by atoms with Gasteiger partial charge >= 0.3 is 5.97 Å². The van der Waals surface area contributed by atoms with E-state index in [1.54, 1.807) is 22.7 Å². The molecular weight excluding hydrogens is 354 g/mol. The average Bonchev–Trinajstić information content (AvgIpc) is 2.67. The Labute approximate surface area is 155 Å². The van der Waals surface area contributed by atoms with Crippen LogP contribution in [-0.2, 0) is 9.53 Å². The van der Waals surface area contributed by atoms with E-state index in [0.717, 1.165) is 16.3 Å².